The molecule has 0 fully saturated rings. The Labute approximate surface area is 139 Å². The highest BCUT2D eigenvalue weighted by Gasteiger charge is 2.16. The largest absolute Gasteiger partial charge is 0.486 e. The normalized spacial score (nSPS) is 13.3. The molecule has 2 N–H and O–H groups in total. The van der Waals surface area contributed by atoms with Crippen LogP contribution in [0.15, 0.2) is 59.8 Å². The van der Waals surface area contributed by atoms with Crippen LogP contribution >= 0.6 is 0 Å². The van der Waals surface area contributed by atoms with Crippen molar-refractivity contribution in [2.75, 3.05) is 13.2 Å². The fourth-order valence-corrected chi connectivity index (χ4v) is 2.69. The maximum Gasteiger partial charge on any atom is 0.162 e. The molecule has 3 aromatic rings. The summed E-state index contributed by atoms with van der Waals surface area (Å²) in [6.45, 7) is 1.12. The summed E-state index contributed by atoms with van der Waals surface area (Å²) in [6.07, 6.45) is 3.50. The maximum atomic E-state index is 5.66. The summed E-state index contributed by atoms with van der Waals surface area (Å²) in [5.41, 5.74) is 3.50. The number of para-hydroxylation sites is 1. The Morgan fingerprint density at radius 2 is 1.83 bits per heavy atom. The van der Waals surface area contributed by atoms with Gasteiger partial charge in [-0.15, -0.1) is 0 Å². The first-order valence-corrected chi connectivity index (χ1v) is 7.63. The minimum atomic E-state index is 0.548. The first-order chi connectivity index (χ1) is 11.8. The van der Waals surface area contributed by atoms with Gasteiger partial charge in [0.25, 0.3) is 0 Å². The Morgan fingerprint density at radius 3 is 2.62 bits per heavy atom. The lowest BCUT2D eigenvalue weighted by atomic mass is 10.1. The van der Waals surface area contributed by atoms with Crippen LogP contribution in [-0.2, 0) is 0 Å². The molecule has 0 spiro atoms. The van der Waals surface area contributed by atoms with E-state index in [1.54, 1.807) is 6.21 Å². The molecule has 0 bridgehead atoms. The van der Waals surface area contributed by atoms with Crippen LogP contribution in [0.3, 0.4) is 0 Å². The van der Waals surface area contributed by atoms with Gasteiger partial charge in [-0.05, 0) is 30.3 Å². The van der Waals surface area contributed by atoms with Crippen LogP contribution in [0.25, 0.3) is 16.9 Å². The van der Waals surface area contributed by atoms with Crippen molar-refractivity contribution < 1.29 is 9.47 Å². The highest BCUT2D eigenvalue weighted by Crippen LogP contribution is 2.35. The number of hydrazone groups is 1. The summed E-state index contributed by atoms with van der Waals surface area (Å²) in [7, 11) is 0. The number of ether oxygens (including phenoxy) is 2. The number of rotatable bonds is 3. The van der Waals surface area contributed by atoms with E-state index >= 15 is 0 Å². The van der Waals surface area contributed by atoms with E-state index in [9.17, 15) is 0 Å². The van der Waals surface area contributed by atoms with Gasteiger partial charge in [-0.25, -0.2) is 4.68 Å². The van der Waals surface area contributed by atoms with Gasteiger partial charge in [-0.3, -0.25) is 0 Å². The first-order valence-electron chi connectivity index (χ1n) is 7.63. The highest BCUT2D eigenvalue weighted by molar-refractivity contribution is 5.89. The van der Waals surface area contributed by atoms with Crippen LogP contribution < -0.4 is 15.3 Å². The lowest BCUT2D eigenvalue weighted by Crippen LogP contribution is -2.15. The van der Waals surface area contributed by atoms with Crippen molar-refractivity contribution in [3.05, 3.63) is 60.3 Å². The Balaban J connectivity index is 1.81. The minimum Gasteiger partial charge on any atom is -0.486 e. The molecule has 120 valence electrons. The average Bonchev–Trinajstić information content (AvgIpc) is 3.06. The van der Waals surface area contributed by atoms with Crippen molar-refractivity contribution in [2.45, 2.75) is 0 Å². The van der Waals surface area contributed by atoms with Crippen molar-refractivity contribution in [3.8, 4) is 28.4 Å². The quantitative estimate of drug-likeness (QED) is 0.457. The second-order valence-corrected chi connectivity index (χ2v) is 5.35. The smallest absolute Gasteiger partial charge is 0.162 e. The molecule has 1 aliphatic heterocycles. The molecule has 0 saturated heterocycles. The molecule has 0 unspecified atom stereocenters. The molecule has 0 amide bonds. The van der Waals surface area contributed by atoms with Gasteiger partial charge in [0.15, 0.2) is 11.5 Å². The molecular weight excluding hydrogens is 304 g/mol. The summed E-state index contributed by atoms with van der Waals surface area (Å²) >= 11 is 0. The van der Waals surface area contributed by atoms with E-state index in [1.807, 2.05) is 59.4 Å². The molecule has 4 rings (SSSR count). The molecule has 1 aromatic heterocycles. The fourth-order valence-electron chi connectivity index (χ4n) is 2.69. The molecule has 6 heteroatoms. The van der Waals surface area contributed by atoms with Gasteiger partial charge >= 0.3 is 0 Å². The average molecular weight is 320 g/mol. The van der Waals surface area contributed by atoms with E-state index in [1.165, 1.54) is 0 Å². The molecule has 0 saturated carbocycles. The van der Waals surface area contributed by atoms with Gasteiger partial charge in [0.2, 0.25) is 0 Å². The predicted molar refractivity (Wildman–Crippen MR) is 91.8 cm³/mol. The Hall–Kier alpha value is -3.28. The van der Waals surface area contributed by atoms with Crippen molar-refractivity contribution in [1.29, 1.82) is 0 Å². The van der Waals surface area contributed by atoms with E-state index in [0.717, 1.165) is 34.0 Å². The van der Waals surface area contributed by atoms with Crippen molar-refractivity contribution in [3.63, 3.8) is 0 Å². The predicted octanol–water partition coefficient (Wildman–Crippen LogP) is 2.60. The van der Waals surface area contributed by atoms with E-state index in [0.29, 0.717) is 13.2 Å². The molecular formula is C18H16N4O2. The molecule has 6 nitrogen and oxygen atoms in total. The third-order valence-corrected chi connectivity index (χ3v) is 3.79. The maximum absolute atomic E-state index is 5.66. The van der Waals surface area contributed by atoms with E-state index in [4.69, 9.17) is 20.4 Å². The zero-order chi connectivity index (χ0) is 16.4. The zero-order valence-electron chi connectivity index (χ0n) is 12.9. The third-order valence-electron chi connectivity index (χ3n) is 3.79. The van der Waals surface area contributed by atoms with Crippen LogP contribution in [0, 0.1) is 0 Å². The van der Waals surface area contributed by atoms with Gasteiger partial charge < -0.3 is 15.3 Å². The Bertz CT molecular complexity index is 887. The summed E-state index contributed by atoms with van der Waals surface area (Å²) in [5.74, 6) is 6.83. The van der Waals surface area contributed by atoms with Crippen molar-refractivity contribution in [2.24, 2.45) is 10.9 Å². The Kier molecular flexibility index (Phi) is 3.63. The number of fused-ring (bicyclic) bond motifs is 1. The second kappa shape index (κ2) is 6.08. The number of nitrogens with zero attached hydrogens (tertiary/aromatic N) is 3. The summed E-state index contributed by atoms with van der Waals surface area (Å²) in [6, 6.07) is 15.7. The summed E-state index contributed by atoms with van der Waals surface area (Å²) in [5, 5.41) is 8.34. The van der Waals surface area contributed by atoms with Crippen LogP contribution in [0.4, 0.5) is 0 Å². The van der Waals surface area contributed by atoms with Gasteiger partial charge in [0, 0.05) is 17.3 Å². The number of hydrogen-bond acceptors (Lipinski definition) is 5. The molecule has 24 heavy (non-hydrogen) atoms. The van der Waals surface area contributed by atoms with Crippen LogP contribution in [-0.4, -0.2) is 29.2 Å². The SMILES string of the molecule is N/N=C\c1cn(-c2ccccc2)nc1-c1ccc2c(c1)OCCO2. The Morgan fingerprint density at radius 1 is 1.04 bits per heavy atom. The number of hydrogen-bond donors (Lipinski definition) is 1. The topological polar surface area (TPSA) is 74.7 Å². The van der Waals surface area contributed by atoms with Crippen molar-refractivity contribution >= 4 is 6.21 Å². The molecule has 0 atom stereocenters. The standard InChI is InChI=1S/C18H16N4O2/c19-20-11-14-12-22(15-4-2-1-3-5-15)21-18(14)13-6-7-16-17(10-13)24-9-8-23-16/h1-7,10-12H,8-9,19H2/b20-11-. The molecule has 0 radical (unpaired) electrons. The van der Waals surface area contributed by atoms with E-state index in [-0.39, 0.29) is 0 Å². The minimum absolute atomic E-state index is 0.548. The number of nitrogens with two attached hydrogens (primary N) is 1. The highest BCUT2D eigenvalue weighted by atomic mass is 16.6. The number of aromatic nitrogens is 2. The monoisotopic (exact) mass is 320 g/mol. The van der Waals surface area contributed by atoms with Crippen LogP contribution in [0.5, 0.6) is 11.5 Å². The fraction of sp³-hybridized carbons (Fsp3) is 0.111. The lowest BCUT2D eigenvalue weighted by molar-refractivity contribution is 0.171. The number of benzene rings is 2. The summed E-state index contributed by atoms with van der Waals surface area (Å²) < 4.78 is 13.0. The van der Waals surface area contributed by atoms with Crippen molar-refractivity contribution in [1.82, 2.24) is 9.78 Å². The summed E-state index contributed by atoms with van der Waals surface area (Å²) in [4.78, 5) is 0. The van der Waals surface area contributed by atoms with Gasteiger partial charge in [-0.2, -0.15) is 10.2 Å². The van der Waals surface area contributed by atoms with Crippen LogP contribution in [0.1, 0.15) is 5.56 Å². The van der Waals surface area contributed by atoms with E-state index < -0.39 is 0 Å². The first kappa shape index (κ1) is 14.3. The zero-order valence-corrected chi connectivity index (χ0v) is 12.9. The lowest BCUT2D eigenvalue weighted by Gasteiger charge is -2.18. The molecule has 2 aromatic carbocycles. The molecule has 0 aliphatic carbocycles. The second-order valence-electron chi connectivity index (χ2n) is 5.35. The van der Waals surface area contributed by atoms with Gasteiger partial charge in [0.05, 0.1) is 11.9 Å². The third kappa shape index (κ3) is 2.58. The van der Waals surface area contributed by atoms with Gasteiger partial charge in [-0.1, -0.05) is 18.2 Å². The molecule has 2 heterocycles. The van der Waals surface area contributed by atoms with E-state index in [2.05, 4.69) is 5.10 Å². The van der Waals surface area contributed by atoms with Crippen LogP contribution in [0.2, 0.25) is 0 Å². The molecule has 1 aliphatic rings. The van der Waals surface area contributed by atoms with Gasteiger partial charge in [0.1, 0.15) is 18.9 Å².